The van der Waals surface area contributed by atoms with E-state index in [1.54, 1.807) is 31.4 Å². The third kappa shape index (κ3) is 6.02. The quantitative estimate of drug-likeness (QED) is 0.595. The fourth-order valence-corrected chi connectivity index (χ4v) is 4.29. The molecule has 0 aromatic heterocycles. The van der Waals surface area contributed by atoms with Crippen molar-refractivity contribution >= 4 is 23.4 Å². The maximum atomic E-state index is 13.1. The average molecular weight is 458 g/mol. The Morgan fingerprint density at radius 1 is 1.09 bits per heavy atom. The van der Waals surface area contributed by atoms with E-state index in [4.69, 9.17) is 16.3 Å². The van der Waals surface area contributed by atoms with Crippen LogP contribution in [0.15, 0.2) is 48.5 Å². The molecule has 32 heavy (non-hydrogen) atoms. The summed E-state index contributed by atoms with van der Waals surface area (Å²) in [7, 11) is 1.65. The van der Waals surface area contributed by atoms with Gasteiger partial charge < -0.3 is 15.4 Å². The molecule has 0 saturated carbocycles. The van der Waals surface area contributed by atoms with E-state index in [0.717, 1.165) is 37.2 Å². The van der Waals surface area contributed by atoms with Gasteiger partial charge in [0, 0.05) is 6.54 Å². The number of hydrogen-bond donors (Lipinski definition) is 2. The van der Waals surface area contributed by atoms with E-state index in [9.17, 15) is 9.59 Å². The number of likely N-dealkylation sites (tertiary alicyclic amines) is 1. The highest BCUT2D eigenvalue weighted by Crippen LogP contribution is 2.27. The van der Waals surface area contributed by atoms with Crippen LogP contribution < -0.4 is 15.4 Å². The molecule has 6 nitrogen and oxygen atoms in total. The average Bonchev–Trinajstić information content (AvgIpc) is 3.32. The standard InChI is InChI=1S/C25H32ClN3O3/c1-17(2)23(28-24(30)20-11-4-5-12-21(20)26)25(31)27-16-22(29-13-6-7-14-29)18-9-8-10-19(15-18)32-3/h4-5,8-12,15,17,22-23H,6-7,13-14,16H2,1-3H3,(H,27,31)(H,28,30)/t22-,23-/m1/s1. The molecule has 1 fully saturated rings. The van der Waals surface area contributed by atoms with Crippen molar-refractivity contribution in [1.29, 1.82) is 0 Å². The number of rotatable bonds is 9. The fourth-order valence-electron chi connectivity index (χ4n) is 4.07. The first kappa shape index (κ1) is 24.1. The van der Waals surface area contributed by atoms with Crippen LogP contribution in [0.3, 0.4) is 0 Å². The number of carbonyl (C=O) groups is 2. The highest BCUT2D eigenvalue weighted by Gasteiger charge is 2.28. The molecule has 0 bridgehead atoms. The van der Waals surface area contributed by atoms with Gasteiger partial charge in [-0.25, -0.2) is 0 Å². The van der Waals surface area contributed by atoms with Gasteiger partial charge in [-0.15, -0.1) is 0 Å². The number of halogens is 1. The third-order valence-corrected chi connectivity index (χ3v) is 6.21. The lowest BCUT2D eigenvalue weighted by molar-refractivity contribution is -0.124. The van der Waals surface area contributed by atoms with Gasteiger partial charge in [-0.3, -0.25) is 14.5 Å². The van der Waals surface area contributed by atoms with Crippen LogP contribution >= 0.6 is 11.6 Å². The molecular weight excluding hydrogens is 426 g/mol. The zero-order valence-electron chi connectivity index (χ0n) is 18.9. The van der Waals surface area contributed by atoms with Crippen molar-refractivity contribution in [3.63, 3.8) is 0 Å². The van der Waals surface area contributed by atoms with Gasteiger partial charge in [-0.05, 0) is 61.7 Å². The van der Waals surface area contributed by atoms with E-state index in [0.29, 0.717) is 17.1 Å². The van der Waals surface area contributed by atoms with Gasteiger partial charge in [-0.2, -0.15) is 0 Å². The summed E-state index contributed by atoms with van der Waals surface area (Å²) < 4.78 is 5.39. The molecule has 172 valence electrons. The number of carbonyl (C=O) groups excluding carboxylic acids is 2. The van der Waals surface area contributed by atoms with Crippen LogP contribution in [0.2, 0.25) is 5.02 Å². The second-order valence-electron chi connectivity index (χ2n) is 8.46. The van der Waals surface area contributed by atoms with Crippen molar-refractivity contribution in [2.45, 2.75) is 38.8 Å². The molecule has 0 radical (unpaired) electrons. The molecule has 1 aliphatic rings. The van der Waals surface area contributed by atoms with Gasteiger partial charge >= 0.3 is 0 Å². The lowest BCUT2D eigenvalue weighted by Gasteiger charge is -2.30. The normalized spacial score (nSPS) is 15.9. The highest BCUT2D eigenvalue weighted by atomic mass is 35.5. The molecule has 0 unspecified atom stereocenters. The summed E-state index contributed by atoms with van der Waals surface area (Å²) in [6.07, 6.45) is 2.30. The first-order chi connectivity index (χ1) is 15.4. The van der Waals surface area contributed by atoms with Crippen LogP contribution in [-0.4, -0.2) is 49.5 Å². The summed E-state index contributed by atoms with van der Waals surface area (Å²) in [5.74, 6) is 0.161. The van der Waals surface area contributed by atoms with E-state index < -0.39 is 6.04 Å². The predicted molar refractivity (Wildman–Crippen MR) is 127 cm³/mol. The number of hydrogen-bond acceptors (Lipinski definition) is 4. The van der Waals surface area contributed by atoms with E-state index in [1.807, 2.05) is 32.0 Å². The van der Waals surface area contributed by atoms with Crippen molar-refractivity contribution in [2.24, 2.45) is 5.92 Å². The van der Waals surface area contributed by atoms with Crippen molar-refractivity contribution in [3.05, 3.63) is 64.7 Å². The number of ether oxygens (including phenoxy) is 1. The summed E-state index contributed by atoms with van der Waals surface area (Å²) >= 11 is 6.15. The molecule has 1 aliphatic heterocycles. The molecule has 2 atom stereocenters. The first-order valence-electron chi connectivity index (χ1n) is 11.1. The molecule has 0 spiro atoms. The van der Waals surface area contributed by atoms with Crippen LogP contribution in [0.4, 0.5) is 0 Å². The van der Waals surface area contributed by atoms with Gasteiger partial charge in [0.25, 0.3) is 5.91 Å². The smallest absolute Gasteiger partial charge is 0.253 e. The van der Waals surface area contributed by atoms with Crippen LogP contribution in [0.25, 0.3) is 0 Å². The minimum absolute atomic E-state index is 0.0450. The number of benzene rings is 2. The minimum Gasteiger partial charge on any atom is -0.497 e. The molecule has 2 aromatic carbocycles. The Balaban J connectivity index is 1.71. The van der Waals surface area contributed by atoms with E-state index in [1.165, 1.54) is 0 Å². The van der Waals surface area contributed by atoms with E-state index >= 15 is 0 Å². The van der Waals surface area contributed by atoms with Crippen molar-refractivity contribution in [3.8, 4) is 5.75 Å². The van der Waals surface area contributed by atoms with Gasteiger partial charge in [0.15, 0.2) is 0 Å². The summed E-state index contributed by atoms with van der Waals surface area (Å²) in [6, 6.07) is 14.2. The number of nitrogens with one attached hydrogen (secondary N) is 2. The lowest BCUT2D eigenvalue weighted by atomic mass is 10.0. The summed E-state index contributed by atoms with van der Waals surface area (Å²) in [5.41, 5.74) is 1.46. The molecule has 1 saturated heterocycles. The molecule has 2 N–H and O–H groups in total. The Morgan fingerprint density at radius 2 is 1.81 bits per heavy atom. The zero-order chi connectivity index (χ0) is 23.1. The van der Waals surface area contributed by atoms with Crippen LogP contribution in [-0.2, 0) is 4.79 Å². The fraction of sp³-hybridized carbons (Fsp3) is 0.440. The molecule has 3 rings (SSSR count). The molecular formula is C25H32ClN3O3. The molecule has 1 heterocycles. The lowest BCUT2D eigenvalue weighted by Crippen LogP contribution is -2.51. The predicted octanol–water partition coefficient (Wildman–Crippen LogP) is 4.06. The topological polar surface area (TPSA) is 70.7 Å². The summed E-state index contributed by atoms with van der Waals surface area (Å²) in [4.78, 5) is 28.2. The van der Waals surface area contributed by atoms with Crippen molar-refractivity contribution < 1.29 is 14.3 Å². The number of methoxy groups -OCH3 is 1. The Kier molecular flexibility index (Phi) is 8.53. The second kappa shape index (κ2) is 11.3. The maximum absolute atomic E-state index is 13.1. The van der Waals surface area contributed by atoms with Gasteiger partial charge in [-0.1, -0.05) is 49.7 Å². The number of nitrogens with zero attached hydrogens (tertiary/aromatic N) is 1. The first-order valence-corrected chi connectivity index (χ1v) is 11.5. The molecule has 2 amide bonds. The van der Waals surface area contributed by atoms with Gasteiger partial charge in [0.05, 0.1) is 23.7 Å². The molecule has 7 heteroatoms. The van der Waals surface area contributed by atoms with E-state index in [2.05, 4.69) is 21.6 Å². The highest BCUT2D eigenvalue weighted by molar-refractivity contribution is 6.33. The van der Waals surface area contributed by atoms with Crippen LogP contribution in [0.5, 0.6) is 5.75 Å². The van der Waals surface area contributed by atoms with E-state index in [-0.39, 0.29) is 23.8 Å². The summed E-state index contributed by atoms with van der Waals surface area (Å²) in [6.45, 7) is 6.27. The third-order valence-electron chi connectivity index (χ3n) is 5.88. The van der Waals surface area contributed by atoms with Crippen LogP contribution in [0.1, 0.15) is 48.7 Å². The molecule has 0 aliphatic carbocycles. The Hall–Kier alpha value is -2.57. The molecule has 2 aromatic rings. The second-order valence-corrected chi connectivity index (χ2v) is 8.86. The van der Waals surface area contributed by atoms with Gasteiger partial charge in [0.2, 0.25) is 5.91 Å². The Bertz CT molecular complexity index is 928. The zero-order valence-corrected chi connectivity index (χ0v) is 19.7. The Morgan fingerprint density at radius 3 is 2.47 bits per heavy atom. The minimum atomic E-state index is -0.664. The van der Waals surface area contributed by atoms with Crippen molar-refractivity contribution in [2.75, 3.05) is 26.7 Å². The SMILES string of the molecule is COc1cccc([C@@H](CNC(=O)[C@H](NC(=O)c2ccccc2Cl)C(C)C)N2CCCC2)c1. The largest absolute Gasteiger partial charge is 0.497 e. The van der Waals surface area contributed by atoms with Crippen LogP contribution in [0, 0.1) is 5.92 Å². The Labute approximate surface area is 195 Å². The van der Waals surface area contributed by atoms with Crippen molar-refractivity contribution in [1.82, 2.24) is 15.5 Å². The van der Waals surface area contributed by atoms with Gasteiger partial charge in [0.1, 0.15) is 11.8 Å². The maximum Gasteiger partial charge on any atom is 0.253 e. The summed E-state index contributed by atoms with van der Waals surface area (Å²) in [5, 5.41) is 6.30. The monoisotopic (exact) mass is 457 g/mol. The number of amides is 2.